The molecule has 2 aromatic rings. The third kappa shape index (κ3) is 4.57. The number of aromatic nitrogens is 2. The SMILES string of the molecule is Cc1nc(S(=O)(=O)N2CCC(C(=O)OCC(=O)c3ccc(F)c(F)c3)CC2)cn1C. The van der Waals surface area contributed by atoms with E-state index < -0.39 is 45.9 Å². The number of sulfonamides is 1. The second kappa shape index (κ2) is 8.60. The summed E-state index contributed by atoms with van der Waals surface area (Å²) in [6.45, 7) is 1.34. The van der Waals surface area contributed by atoms with Crippen molar-refractivity contribution in [2.24, 2.45) is 13.0 Å². The molecule has 0 N–H and O–H groups in total. The zero-order valence-corrected chi connectivity index (χ0v) is 17.3. The van der Waals surface area contributed by atoms with Crippen LogP contribution in [0.1, 0.15) is 29.0 Å². The maximum absolute atomic E-state index is 13.2. The Bertz CT molecular complexity index is 1060. The number of ketones is 1. The summed E-state index contributed by atoms with van der Waals surface area (Å²) in [7, 11) is -2.05. The molecular formula is C19H21F2N3O5S. The van der Waals surface area contributed by atoms with Gasteiger partial charge >= 0.3 is 5.97 Å². The molecule has 1 aliphatic rings. The Morgan fingerprint density at radius 1 is 1.20 bits per heavy atom. The lowest BCUT2D eigenvalue weighted by Crippen LogP contribution is -2.41. The molecule has 0 unspecified atom stereocenters. The number of ether oxygens (including phenoxy) is 1. The van der Waals surface area contributed by atoms with Crippen molar-refractivity contribution in [1.29, 1.82) is 0 Å². The number of hydrogen-bond donors (Lipinski definition) is 0. The van der Waals surface area contributed by atoms with Crippen molar-refractivity contribution in [2.45, 2.75) is 24.8 Å². The number of halogens is 2. The van der Waals surface area contributed by atoms with Crippen LogP contribution in [-0.4, -0.2) is 53.7 Å². The Labute approximate surface area is 172 Å². The number of piperidine rings is 1. The van der Waals surface area contributed by atoms with Crippen molar-refractivity contribution in [3.05, 3.63) is 47.4 Å². The summed E-state index contributed by atoms with van der Waals surface area (Å²) in [6, 6.07) is 2.68. The lowest BCUT2D eigenvalue weighted by atomic mass is 9.98. The number of imidazole rings is 1. The molecule has 0 atom stereocenters. The smallest absolute Gasteiger partial charge is 0.309 e. The van der Waals surface area contributed by atoms with E-state index in [1.165, 1.54) is 10.5 Å². The molecule has 162 valence electrons. The van der Waals surface area contributed by atoms with Crippen LogP contribution in [0.15, 0.2) is 29.4 Å². The number of benzene rings is 1. The van der Waals surface area contributed by atoms with Crippen molar-refractivity contribution < 1.29 is 31.5 Å². The minimum atomic E-state index is -3.75. The topological polar surface area (TPSA) is 98.6 Å². The van der Waals surface area contributed by atoms with E-state index in [2.05, 4.69) is 4.98 Å². The molecular weight excluding hydrogens is 420 g/mol. The molecule has 2 heterocycles. The number of esters is 1. The van der Waals surface area contributed by atoms with E-state index in [9.17, 15) is 26.8 Å². The summed E-state index contributed by atoms with van der Waals surface area (Å²) in [6.07, 6.45) is 1.92. The first-order valence-electron chi connectivity index (χ1n) is 9.24. The Morgan fingerprint density at radius 3 is 2.43 bits per heavy atom. The van der Waals surface area contributed by atoms with Crippen molar-refractivity contribution in [1.82, 2.24) is 13.9 Å². The summed E-state index contributed by atoms with van der Waals surface area (Å²) in [5.74, 6) is -3.52. The fourth-order valence-electron chi connectivity index (χ4n) is 3.12. The van der Waals surface area contributed by atoms with Crippen LogP contribution in [0.3, 0.4) is 0 Å². The molecule has 8 nitrogen and oxygen atoms in total. The first kappa shape index (κ1) is 22.0. The largest absolute Gasteiger partial charge is 0.457 e. The van der Waals surface area contributed by atoms with Crippen LogP contribution in [0.4, 0.5) is 8.78 Å². The van der Waals surface area contributed by atoms with Crippen LogP contribution >= 0.6 is 0 Å². The monoisotopic (exact) mass is 441 g/mol. The molecule has 0 saturated carbocycles. The van der Waals surface area contributed by atoms with Gasteiger partial charge in [0.1, 0.15) is 5.82 Å². The summed E-state index contributed by atoms with van der Waals surface area (Å²) in [5.41, 5.74) is -0.103. The van der Waals surface area contributed by atoms with Crippen LogP contribution in [-0.2, 0) is 26.6 Å². The zero-order valence-electron chi connectivity index (χ0n) is 16.5. The van der Waals surface area contributed by atoms with Gasteiger partial charge in [0.2, 0.25) is 0 Å². The van der Waals surface area contributed by atoms with E-state index in [4.69, 9.17) is 4.74 Å². The van der Waals surface area contributed by atoms with Crippen LogP contribution < -0.4 is 0 Å². The van der Waals surface area contributed by atoms with Crippen LogP contribution in [0.5, 0.6) is 0 Å². The number of Topliss-reactive ketones (excluding diaryl/α,β-unsaturated/α-hetero) is 1. The van der Waals surface area contributed by atoms with Gasteiger partial charge in [-0.3, -0.25) is 9.59 Å². The molecule has 0 aliphatic carbocycles. The average Bonchev–Trinajstić information content (AvgIpc) is 3.07. The normalized spacial score (nSPS) is 15.9. The van der Waals surface area contributed by atoms with Gasteiger partial charge in [0, 0.05) is 31.9 Å². The molecule has 1 aromatic heterocycles. The van der Waals surface area contributed by atoms with E-state index in [1.807, 2.05) is 0 Å². The quantitative estimate of drug-likeness (QED) is 0.501. The first-order valence-corrected chi connectivity index (χ1v) is 10.7. The summed E-state index contributed by atoms with van der Waals surface area (Å²) < 4.78 is 59.4. The highest BCUT2D eigenvalue weighted by atomic mass is 32.2. The van der Waals surface area contributed by atoms with Gasteiger partial charge in [-0.05, 0) is 38.0 Å². The number of hydrogen-bond acceptors (Lipinski definition) is 6. The number of aryl methyl sites for hydroxylation is 2. The summed E-state index contributed by atoms with van der Waals surface area (Å²) in [5, 5.41) is -0.0411. The van der Waals surface area contributed by atoms with E-state index in [-0.39, 0.29) is 36.5 Å². The predicted octanol–water partition coefficient (Wildman–Crippen LogP) is 1.83. The highest BCUT2D eigenvalue weighted by Crippen LogP contribution is 2.24. The number of carbonyl (C=O) groups excluding carboxylic acids is 2. The van der Waals surface area contributed by atoms with Gasteiger partial charge in [0.25, 0.3) is 10.0 Å². The predicted molar refractivity (Wildman–Crippen MR) is 101 cm³/mol. The Balaban J connectivity index is 1.53. The average molecular weight is 441 g/mol. The van der Waals surface area contributed by atoms with Gasteiger partial charge in [0.05, 0.1) is 5.92 Å². The van der Waals surface area contributed by atoms with Gasteiger partial charge in [-0.15, -0.1) is 0 Å². The van der Waals surface area contributed by atoms with Crippen molar-refractivity contribution >= 4 is 21.8 Å². The fraction of sp³-hybridized carbons (Fsp3) is 0.421. The third-order valence-electron chi connectivity index (χ3n) is 5.07. The maximum Gasteiger partial charge on any atom is 0.309 e. The number of rotatable bonds is 6. The highest BCUT2D eigenvalue weighted by Gasteiger charge is 2.34. The van der Waals surface area contributed by atoms with Crippen LogP contribution in [0.2, 0.25) is 0 Å². The lowest BCUT2D eigenvalue weighted by molar-refractivity contribution is -0.148. The van der Waals surface area contributed by atoms with Gasteiger partial charge < -0.3 is 9.30 Å². The molecule has 0 bridgehead atoms. The van der Waals surface area contributed by atoms with Crippen LogP contribution in [0, 0.1) is 24.5 Å². The first-order chi connectivity index (χ1) is 14.1. The molecule has 0 amide bonds. The Kier molecular flexibility index (Phi) is 6.32. The Morgan fingerprint density at radius 2 is 1.87 bits per heavy atom. The van der Waals surface area contributed by atoms with E-state index >= 15 is 0 Å². The van der Waals surface area contributed by atoms with Crippen molar-refractivity contribution in [3.63, 3.8) is 0 Å². The van der Waals surface area contributed by atoms with E-state index in [0.29, 0.717) is 5.82 Å². The van der Waals surface area contributed by atoms with Crippen molar-refractivity contribution in [3.8, 4) is 0 Å². The van der Waals surface area contributed by atoms with E-state index in [0.717, 1.165) is 18.2 Å². The molecule has 30 heavy (non-hydrogen) atoms. The third-order valence-corrected chi connectivity index (χ3v) is 6.84. The van der Waals surface area contributed by atoms with Gasteiger partial charge in [-0.25, -0.2) is 22.2 Å². The molecule has 11 heteroatoms. The molecule has 1 saturated heterocycles. The molecule has 3 rings (SSSR count). The number of carbonyl (C=O) groups is 2. The van der Waals surface area contributed by atoms with E-state index in [1.54, 1.807) is 18.5 Å². The minimum Gasteiger partial charge on any atom is -0.457 e. The molecule has 1 aromatic carbocycles. The zero-order chi connectivity index (χ0) is 22.1. The van der Waals surface area contributed by atoms with Gasteiger partial charge in [0.15, 0.2) is 29.1 Å². The standard InChI is InChI=1S/C19H21F2N3O5S/c1-12-22-18(10-23(12)2)30(27,28)24-7-5-13(6-8-24)19(26)29-11-17(25)14-3-4-15(20)16(21)9-14/h3-4,9-10,13H,5-8,11H2,1-2H3. The van der Waals surface area contributed by atoms with Crippen molar-refractivity contribution in [2.75, 3.05) is 19.7 Å². The second-order valence-corrected chi connectivity index (χ2v) is 8.96. The van der Waals surface area contributed by atoms with Gasteiger partial charge in [-0.2, -0.15) is 4.31 Å². The minimum absolute atomic E-state index is 0.0411. The fourth-order valence-corrected chi connectivity index (χ4v) is 4.62. The van der Waals surface area contributed by atoms with Crippen LogP contribution in [0.25, 0.3) is 0 Å². The lowest BCUT2D eigenvalue weighted by Gasteiger charge is -2.29. The molecule has 0 radical (unpaired) electrons. The molecule has 1 fully saturated rings. The molecule has 0 spiro atoms. The molecule has 1 aliphatic heterocycles. The maximum atomic E-state index is 13.2. The van der Waals surface area contributed by atoms with Gasteiger partial charge in [-0.1, -0.05) is 0 Å². The summed E-state index contributed by atoms with van der Waals surface area (Å²) in [4.78, 5) is 28.3. The Hall–Kier alpha value is -2.66. The highest BCUT2D eigenvalue weighted by molar-refractivity contribution is 7.89. The number of nitrogens with zero attached hydrogens (tertiary/aromatic N) is 3. The summed E-state index contributed by atoms with van der Waals surface area (Å²) >= 11 is 0. The second-order valence-electron chi connectivity index (χ2n) is 7.08.